The SMILES string of the molecule is Cc1cccc(-n2ncc(C(=O)NCC(C)(O)C(=O)O)c2C(F)(F)F)c1. The number of carbonyl (C=O) groups excluding carboxylic acids is 1. The predicted molar refractivity (Wildman–Crippen MR) is 83.9 cm³/mol. The Hall–Kier alpha value is -2.88. The lowest BCUT2D eigenvalue weighted by molar-refractivity contribution is -0.155. The number of aromatic nitrogens is 2. The minimum atomic E-state index is -4.89. The molecular formula is C16H16F3N3O4. The molecule has 2 aromatic rings. The van der Waals surface area contributed by atoms with E-state index >= 15 is 0 Å². The summed E-state index contributed by atoms with van der Waals surface area (Å²) in [6, 6.07) is 6.13. The van der Waals surface area contributed by atoms with Crippen LogP contribution in [0.15, 0.2) is 30.5 Å². The Bertz CT molecular complexity index is 844. The van der Waals surface area contributed by atoms with Crippen molar-refractivity contribution in [3.05, 3.63) is 47.3 Å². The Morgan fingerprint density at radius 2 is 1.96 bits per heavy atom. The van der Waals surface area contributed by atoms with Gasteiger partial charge in [0.1, 0.15) is 0 Å². The van der Waals surface area contributed by atoms with Gasteiger partial charge in [-0.2, -0.15) is 18.3 Å². The second-order valence-corrected chi connectivity index (χ2v) is 5.92. The smallest absolute Gasteiger partial charge is 0.434 e. The molecule has 7 nitrogen and oxygen atoms in total. The number of nitrogens with one attached hydrogen (secondary N) is 1. The van der Waals surface area contributed by atoms with Gasteiger partial charge in [-0.3, -0.25) is 4.79 Å². The topological polar surface area (TPSA) is 104 Å². The predicted octanol–water partition coefficient (Wildman–Crippen LogP) is 1.76. The third kappa shape index (κ3) is 4.02. The zero-order chi connectivity index (χ0) is 19.7. The van der Waals surface area contributed by atoms with Crippen LogP contribution < -0.4 is 5.32 Å². The molecule has 0 bridgehead atoms. The van der Waals surface area contributed by atoms with E-state index in [1.54, 1.807) is 19.1 Å². The van der Waals surface area contributed by atoms with Gasteiger partial charge < -0.3 is 15.5 Å². The molecule has 1 aromatic carbocycles. The van der Waals surface area contributed by atoms with Gasteiger partial charge in [-0.15, -0.1) is 0 Å². The minimum absolute atomic E-state index is 0.119. The van der Waals surface area contributed by atoms with Gasteiger partial charge in [-0.05, 0) is 31.5 Å². The molecule has 0 radical (unpaired) electrons. The molecule has 0 aliphatic carbocycles. The van der Waals surface area contributed by atoms with Crippen LogP contribution in [-0.2, 0) is 11.0 Å². The molecule has 0 aliphatic heterocycles. The van der Waals surface area contributed by atoms with Gasteiger partial charge in [0, 0.05) is 0 Å². The summed E-state index contributed by atoms with van der Waals surface area (Å²) in [5.41, 5.74) is -3.57. The molecule has 3 N–H and O–H groups in total. The van der Waals surface area contributed by atoms with Gasteiger partial charge in [0.05, 0.1) is 24.0 Å². The molecule has 10 heteroatoms. The molecule has 1 unspecified atom stereocenters. The highest BCUT2D eigenvalue weighted by Crippen LogP contribution is 2.33. The van der Waals surface area contributed by atoms with Crippen LogP contribution in [0.25, 0.3) is 5.69 Å². The molecule has 0 spiro atoms. The highest BCUT2D eigenvalue weighted by molar-refractivity contribution is 5.96. The van der Waals surface area contributed by atoms with Crippen molar-refractivity contribution in [3.63, 3.8) is 0 Å². The maximum absolute atomic E-state index is 13.5. The van der Waals surface area contributed by atoms with Crippen molar-refractivity contribution in [3.8, 4) is 5.69 Å². The number of aliphatic hydroxyl groups is 1. The molecular weight excluding hydrogens is 355 g/mol. The maximum atomic E-state index is 13.5. The summed E-state index contributed by atoms with van der Waals surface area (Å²) in [4.78, 5) is 22.9. The Labute approximate surface area is 146 Å². The average molecular weight is 371 g/mol. The van der Waals surface area contributed by atoms with Gasteiger partial charge >= 0.3 is 12.1 Å². The molecule has 1 atom stereocenters. The second-order valence-electron chi connectivity index (χ2n) is 5.92. The van der Waals surface area contributed by atoms with Crippen molar-refractivity contribution < 1.29 is 33.0 Å². The lowest BCUT2D eigenvalue weighted by atomic mass is 10.1. The van der Waals surface area contributed by atoms with Gasteiger partial charge in [0.25, 0.3) is 5.91 Å². The number of amides is 1. The monoisotopic (exact) mass is 371 g/mol. The lowest BCUT2D eigenvalue weighted by Crippen LogP contribution is -2.46. The van der Waals surface area contributed by atoms with E-state index in [9.17, 15) is 27.9 Å². The number of hydrogen-bond acceptors (Lipinski definition) is 4. The molecule has 0 aliphatic rings. The van der Waals surface area contributed by atoms with Gasteiger partial charge in [0.2, 0.25) is 0 Å². The fourth-order valence-corrected chi connectivity index (χ4v) is 2.17. The lowest BCUT2D eigenvalue weighted by Gasteiger charge is -2.18. The number of alkyl halides is 3. The van der Waals surface area contributed by atoms with Crippen molar-refractivity contribution in [1.82, 2.24) is 15.1 Å². The zero-order valence-electron chi connectivity index (χ0n) is 13.8. The van der Waals surface area contributed by atoms with Crippen molar-refractivity contribution in [2.45, 2.75) is 25.6 Å². The normalized spacial score (nSPS) is 13.9. The van der Waals surface area contributed by atoms with E-state index in [1.165, 1.54) is 12.1 Å². The fourth-order valence-electron chi connectivity index (χ4n) is 2.17. The summed E-state index contributed by atoms with van der Waals surface area (Å²) >= 11 is 0. The van der Waals surface area contributed by atoms with E-state index in [0.717, 1.165) is 13.1 Å². The Morgan fingerprint density at radius 1 is 1.31 bits per heavy atom. The first kappa shape index (κ1) is 19.4. The maximum Gasteiger partial charge on any atom is 0.434 e. The van der Waals surface area contributed by atoms with Crippen LogP contribution in [0.2, 0.25) is 0 Å². The first-order valence-electron chi connectivity index (χ1n) is 7.39. The van der Waals surface area contributed by atoms with E-state index in [2.05, 4.69) is 5.10 Å². The van der Waals surface area contributed by atoms with Crippen molar-refractivity contribution in [2.24, 2.45) is 0 Å². The van der Waals surface area contributed by atoms with E-state index in [0.29, 0.717) is 10.2 Å². The largest absolute Gasteiger partial charge is 0.479 e. The summed E-state index contributed by atoms with van der Waals surface area (Å²) in [6.45, 7) is 1.84. The number of aliphatic carboxylic acids is 1. The number of carboxylic acid groups (broad SMARTS) is 1. The first-order valence-corrected chi connectivity index (χ1v) is 7.39. The Morgan fingerprint density at radius 3 is 2.50 bits per heavy atom. The molecule has 0 saturated carbocycles. The van der Waals surface area contributed by atoms with Crippen LogP contribution in [0.5, 0.6) is 0 Å². The van der Waals surface area contributed by atoms with Gasteiger partial charge in [-0.1, -0.05) is 12.1 Å². The van der Waals surface area contributed by atoms with Gasteiger partial charge in [-0.25, -0.2) is 9.48 Å². The molecule has 2 rings (SSSR count). The van der Waals surface area contributed by atoms with Crippen LogP contribution in [0.1, 0.15) is 28.5 Å². The molecule has 1 aromatic heterocycles. The van der Waals surface area contributed by atoms with Crippen LogP contribution in [0.3, 0.4) is 0 Å². The molecule has 26 heavy (non-hydrogen) atoms. The number of nitrogens with zero attached hydrogens (tertiary/aromatic N) is 2. The van der Waals surface area contributed by atoms with E-state index in [1.807, 2.05) is 5.32 Å². The zero-order valence-corrected chi connectivity index (χ0v) is 13.8. The van der Waals surface area contributed by atoms with E-state index in [-0.39, 0.29) is 5.69 Å². The number of benzene rings is 1. The van der Waals surface area contributed by atoms with Crippen LogP contribution in [0, 0.1) is 6.92 Å². The fraction of sp³-hybridized carbons (Fsp3) is 0.312. The van der Waals surface area contributed by atoms with Crippen molar-refractivity contribution in [1.29, 1.82) is 0 Å². The number of halogens is 3. The van der Waals surface area contributed by atoms with E-state index in [4.69, 9.17) is 5.11 Å². The van der Waals surface area contributed by atoms with Crippen molar-refractivity contribution >= 4 is 11.9 Å². The highest BCUT2D eigenvalue weighted by Gasteiger charge is 2.41. The number of rotatable bonds is 5. The molecule has 0 fully saturated rings. The molecule has 1 heterocycles. The summed E-state index contributed by atoms with van der Waals surface area (Å²) < 4.78 is 41.1. The summed E-state index contributed by atoms with van der Waals surface area (Å²) in [5, 5.41) is 24.0. The number of carbonyl (C=O) groups is 2. The third-order valence-electron chi connectivity index (χ3n) is 3.58. The summed E-state index contributed by atoms with van der Waals surface area (Å²) in [6.07, 6.45) is -4.14. The molecule has 1 amide bonds. The van der Waals surface area contributed by atoms with Crippen LogP contribution in [-0.4, -0.2) is 44.0 Å². The minimum Gasteiger partial charge on any atom is -0.479 e. The first-order chi connectivity index (χ1) is 11.9. The van der Waals surface area contributed by atoms with Crippen LogP contribution in [0.4, 0.5) is 13.2 Å². The number of aryl methyl sites for hydroxylation is 1. The second kappa shape index (κ2) is 6.79. The molecule has 140 valence electrons. The summed E-state index contributed by atoms with van der Waals surface area (Å²) in [5.74, 6) is -2.82. The van der Waals surface area contributed by atoms with Crippen LogP contribution >= 0.6 is 0 Å². The Balaban J connectivity index is 2.41. The third-order valence-corrected chi connectivity index (χ3v) is 3.58. The number of carboxylic acids is 1. The average Bonchev–Trinajstić information content (AvgIpc) is 2.98. The standard InChI is InChI=1S/C16H16F3N3O4/c1-9-4-3-5-10(6-9)22-12(16(17,18)19)11(7-21-22)13(23)20-8-15(2,26)14(24)25/h3-7,26H,8H2,1-2H3,(H,20,23)(H,24,25). The Kier molecular flexibility index (Phi) is 5.08. The quantitative estimate of drug-likeness (QED) is 0.743. The number of hydrogen-bond donors (Lipinski definition) is 3. The van der Waals surface area contributed by atoms with Crippen molar-refractivity contribution in [2.75, 3.05) is 6.54 Å². The van der Waals surface area contributed by atoms with E-state index < -0.39 is 41.5 Å². The summed E-state index contributed by atoms with van der Waals surface area (Å²) in [7, 11) is 0. The van der Waals surface area contributed by atoms with Gasteiger partial charge in [0.15, 0.2) is 11.3 Å². The molecule has 0 saturated heterocycles. The highest BCUT2D eigenvalue weighted by atomic mass is 19.4.